The number of thiocarbonyl (C=S) groups is 1. The summed E-state index contributed by atoms with van der Waals surface area (Å²) in [6, 6.07) is 16.6. The van der Waals surface area contributed by atoms with Crippen molar-refractivity contribution in [2.45, 2.75) is 26.7 Å². The molecule has 0 atom stereocenters. The molecular weight excluding hydrogens is 462 g/mol. The summed E-state index contributed by atoms with van der Waals surface area (Å²) in [6.07, 6.45) is 3.87. The summed E-state index contributed by atoms with van der Waals surface area (Å²) in [7, 11) is 0. The number of hydrogen-bond donors (Lipinski definition) is 1. The van der Waals surface area contributed by atoms with Gasteiger partial charge in [0.25, 0.3) is 11.6 Å². The van der Waals surface area contributed by atoms with Crippen molar-refractivity contribution in [1.82, 2.24) is 9.88 Å². The van der Waals surface area contributed by atoms with Crippen LogP contribution >= 0.6 is 12.2 Å². The third-order valence-electron chi connectivity index (χ3n) is 6.52. The van der Waals surface area contributed by atoms with E-state index in [-0.39, 0.29) is 16.5 Å². The molecule has 0 radical (unpaired) electrons. The third kappa shape index (κ3) is 4.08. The largest absolute Gasteiger partial charge is 0.366 e. The van der Waals surface area contributed by atoms with E-state index in [1.807, 2.05) is 66.9 Å². The molecule has 0 spiro atoms. The average Bonchev–Trinajstić information content (AvgIpc) is 3.54. The maximum atomic E-state index is 13.1. The zero-order valence-electron chi connectivity index (χ0n) is 19.5. The van der Waals surface area contributed by atoms with Gasteiger partial charge in [-0.05, 0) is 80.9 Å². The predicted molar refractivity (Wildman–Crippen MR) is 141 cm³/mol. The highest BCUT2D eigenvalue weighted by Gasteiger charge is 2.32. The molecule has 9 heteroatoms. The van der Waals surface area contributed by atoms with Crippen LogP contribution < -0.4 is 15.1 Å². The highest BCUT2D eigenvalue weighted by Crippen LogP contribution is 2.34. The van der Waals surface area contributed by atoms with Gasteiger partial charge in [-0.1, -0.05) is 18.2 Å². The van der Waals surface area contributed by atoms with E-state index in [1.165, 1.54) is 4.90 Å². The number of amides is 1. The van der Waals surface area contributed by atoms with Crippen LogP contribution in [0.1, 0.15) is 29.8 Å². The topological polar surface area (TPSA) is 83.7 Å². The van der Waals surface area contributed by atoms with Gasteiger partial charge in [-0.15, -0.1) is 0 Å². The van der Waals surface area contributed by atoms with E-state index in [0.717, 1.165) is 42.9 Å². The summed E-state index contributed by atoms with van der Waals surface area (Å²) in [4.78, 5) is 28.2. The molecule has 2 aliphatic rings. The fraction of sp³-hybridized carbons (Fsp3) is 0.231. The van der Waals surface area contributed by atoms with Crippen molar-refractivity contribution >= 4 is 46.4 Å². The Kier molecular flexibility index (Phi) is 5.86. The van der Waals surface area contributed by atoms with E-state index in [1.54, 1.807) is 12.1 Å². The van der Waals surface area contributed by atoms with E-state index < -0.39 is 0 Å². The van der Waals surface area contributed by atoms with Gasteiger partial charge in [0.05, 0.1) is 16.3 Å². The smallest absolute Gasteiger partial charge is 0.294 e. The molecule has 1 aromatic heterocycles. The van der Waals surface area contributed by atoms with Crippen LogP contribution in [0.2, 0.25) is 0 Å². The number of rotatable bonds is 5. The van der Waals surface area contributed by atoms with Gasteiger partial charge in [-0.25, -0.2) is 0 Å². The van der Waals surface area contributed by atoms with Crippen molar-refractivity contribution in [1.29, 1.82) is 0 Å². The Morgan fingerprint density at radius 2 is 1.74 bits per heavy atom. The molecule has 0 unspecified atom stereocenters. The molecule has 8 nitrogen and oxygen atoms in total. The first-order chi connectivity index (χ1) is 16.8. The maximum Gasteiger partial charge on any atom is 0.294 e. The molecule has 2 aromatic carbocycles. The Morgan fingerprint density at radius 1 is 1.03 bits per heavy atom. The Labute approximate surface area is 208 Å². The van der Waals surface area contributed by atoms with Gasteiger partial charge in [-0.3, -0.25) is 19.8 Å². The number of nitrogens with one attached hydrogen (secondary N) is 1. The summed E-state index contributed by atoms with van der Waals surface area (Å²) in [5.74, 6) is -0.225. The van der Waals surface area contributed by atoms with Crippen LogP contribution in [0.5, 0.6) is 0 Å². The molecule has 0 saturated carbocycles. The molecular formula is C26H25N5O3S. The minimum absolute atomic E-state index is 0.105. The Hall–Kier alpha value is -3.98. The molecule has 3 heterocycles. The standard InChI is InChI=1S/C26H25N5O3S/c1-17-14-19(15-22-25(32)30(26(35)27-22)20-8-4-3-5-9-20)18(2)29(17)21-10-11-23(24(16-21)31(33)34)28-12-6-7-13-28/h3-5,8-11,14-16H,6-7,12-13H2,1-2H3,(H,27,35)/b22-15-. The molecule has 5 rings (SSSR count). The van der Waals surface area contributed by atoms with Crippen LogP contribution in [0, 0.1) is 24.0 Å². The van der Waals surface area contributed by atoms with Crippen LogP contribution in [0.3, 0.4) is 0 Å². The molecule has 0 aliphatic carbocycles. The average molecular weight is 488 g/mol. The van der Waals surface area contributed by atoms with E-state index in [4.69, 9.17) is 12.2 Å². The minimum Gasteiger partial charge on any atom is -0.366 e. The van der Waals surface area contributed by atoms with Gasteiger partial charge < -0.3 is 14.8 Å². The maximum absolute atomic E-state index is 13.1. The van der Waals surface area contributed by atoms with E-state index in [0.29, 0.717) is 27.9 Å². The second kappa shape index (κ2) is 8.99. The molecule has 3 aromatic rings. The Bertz CT molecular complexity index is 1370. The second-order valence-electron chi connectivity index (χ2n) is 8.75. The second-order valence-corrected chi connectivity index (χ2v) is 9.14. The first-order valence-corrected chi connectivity index (χ1v) is 11.9. The normalized spacial score (nSPS) is 16.9. The molecule has 1 N–H and O–H groups in total. The molecule has 0 bridgehead atoms. The van der Waals surface area contributed by atoms with Gasteiger partial charge >= 0.3 is 0 Å². The Balaban J connectivity index is 1.50. The van der Waals surface area contributed by atoms with Gasteiger partial charge in [-0.2, -0.15) is 0 Å². The summed E-state index contributed by atoms with van der Waals surface area (Å²) in [6.45, 7) is 5.55. The summed E-state index contributed by atoms with van der Waals surface area (Å²) >= 11 is 5.41. The number of anilines is 2. The molecule has 1 amide bonds. The van der Waals surface area contributed by atoms with Crippen LogP contribution in [-0.2, 0) is 4.79 Å². The lowest BCUT2D eigenvalue weighted by molar-refractivity contribution is -0.384. The fourth-order valence-corrected chi connectivity index (χ4v) is 5.15. The van der Waals surface area contributed by atoms with Crippen molar-refractivity contribution in [2.75, 3.05) is 22.9 Å². The number of nitro benzene ring substituents is 1. The monoisotopic (exact) mass is 487 g/mol. The van der Waals surface area contributed by atoms with Crippen LogP contribution in [0.25, 0.3) is 11.8 Å². The van der Waals surface area contributed by atoms with E-state index in [2.05, 4.69) is 10.2 Å². The molecule has 2 saturated heterocycles. The lowest BCUT2D eigenvalue weighted by atomic mass is 10.2. The van der Waals surface area contributed by atoms with Crippen molar-refractivity contribution in [3.05, 3.63) is 87.4 Å². The number of nitro groups is 1. The number of aromatic nitrogens is 1. The molecule has 35 heavy (non-hydrogen) atoms. The first kappa shape index (κ1) is 22.8. The number of nitrogens with zero attached hydrogens (tertiary/aromatic N) is 4. The van der Waals surface area contributed by atoms with Gasteiger partial charge in [0.1, 0.15) is 11.4 Å². The summed E-state index contributed by atoms with van der Waals surface area (Å²) in [5, 5.41) is 15.2. The Morgan fingerprint density at radius 3 is 2.43 bits per heavy atom. The van der Waals surface area contributed by atoms with Crippen molar-refractivity contribution in [3.63, 3.8) is 0 Å². The first-order valence-electron chi connectivity index (χ1n) is 11.5. The van der Waals surface area contributed by atoms with E-state index in [9.17, 15) is 14.9 Å². The van der Waals surface area contributed by atoms with Gasteiger partial charge in [0.2, 0.25) is 0 Å². The van der Waals surface area contributed by atoms with Crippen LogP contribution in [0.15, 0.2) is 60.3 Å². The highest BCUT2D eigenvalue weighted by molar-refractivity contribution is 7.80. The number of hydrogen-bond acceptors (Lipinski definition) is 5. The fourth-order valence-electron chi connectivity index (χ4n) is 4.86. The molecule has 178 valence electrons. The summed E-state index contributed by atoms with van der Waals surface area (Å²) < 4.78 is 1.97. The van der Waals surface area contributed by atoms with Crippen LogP contribution in [0.4, 0.5) is 17.1 Å². The van der Waals surface area contributed by atoms with E-state index >= 15 is 0 Å². The lowest BCUT2D eigenvalue weighted by Gasteiger charge is -2.19. The number of aryl methyl sites for hydroxylation is 1. The quantitative estimate of drug-likeness (QED) is 0.239. The van der Waals surface area contributed by atoms with Crippen LogP contribution in [-0.4, -0.2) is 33.6 Å². The summed E-state index contributed by atoms with van der Waals surface area (Å²) in [5.41, 5.74) is 5.18. The van der Waals surface area contributed by atoms with Crippen molar-refractivity contribution in [2.24, 2.45) is 0 Å². The number of carbonyl (C=O) groups is 1. The predicted octanol–water partition coefficient (Wildman–Crippen LogP) is 4.86. The zero-order valence-corrected chi connectivity index (χ0v) is 20.3. The zero-order chi connectivity index (χ0) is 24.7. The lowest BCUT2D eigenvalue weighted by Crippen LogP contribution is -2.30. The number of benzene rings is 2. The van der Waals surface area contributed by atoms with Gasteiger partial charge in [0, 0.05) is 30.5 Å². The van der Waals surface area contributed by atoms with Crippen molar-refractivity contribution < 1.29 is 9.72 Å². The van der Waals surface area contributed by atoms with Crippen molar-refractivity contribution in [3.8, 4) is 5.69 Å². The highest BCUT2D eigenvalue weighted by atomic mass is 32.1. The number of para-hydroxylation sites is 1. The molecule has 2 aliphatic heterocycles. The number of carbonyl (C=O) groups excluding carboxylic acids is 1. The third-order valence-corrected chi connectivity index (χ3v) is 6.81. The molecule has 2 fully saturated rings. The minimum atomic E-state index is -0.311. The SMILES string of the molecule is Cc1cc(/C=C2\NC(=S)N(c3ccccc3)C2=O)c(C)n1-c1ccc(N2CCCC2)c([N+](=O)[O-])c1. The van der Waals surface area contributed by atoms with Gasteiger partial charge in [0.15, 0.2) is 5.11 Å².